The zero-order valence-corrected chi connectivity index (χ0v) is 11.9. The maximum absolute atomic E-state index is 13.3. The summed E-state index contributed by atoms with van der Waals surface area (Å²) in [6.45, 7) is 0. The number of nitrogens with zero attached hydrogens (tertiary/aromatic N) is 1. The average molecular weight is 333 g/mol. The predicted octanol–water partition coefficient (Wildman–Crippen LogP) is 1.24. The van der Waals surface area contributed by atoms with Gasteiger partial charge in [0, 0.05) is 5.56 Å². The van der Waals surface area contributed by atoms with Crippen LogP contribution >= 0.6 is 11.6 Å². The summed E-state index contributed by atoms with van der Waals surface area (Å²) in [6, 6.07) is 5.22. The van der Waals surface area contributed by atoms with E-state index in [1.165, 1.54) is 12.1 Å². The molecule has 3 N–H and O–H groups in total. The van der Waals surface area contributed by atoms with E-state index < -0.39 is 22.6 Å². The second-order valence-corrected chi connectivity index (χ2v) is 5.01. The van der Waals surface area contributed by atoms with Crippen molar-refractivity contribution in [1.82, 2.24) is 15.0 Å². The standard InChI is InChI=1S/C14H6ClFN4O3/c15-7-3-5(1-2-8(7)16)9-6(4-17)12(21)18-11-10(9)13(22)20-14(23)19-11/h1-3H,(H3,18,19,20,21,22,23). The van der Waals surface area contributed by atoms with Crippen LogP contribution in [0.25, 0.3) is 22.2 Å². The van der Waals surface area contributed by atoms with Crippen molar-refractivity contribution in [2.75, 3.05) is 0 Å². The summed E-state index contributed by atoms with van der Waals surface area (Å²) >= 11 is 5.73. The third-order valence-electron chi connectivity index (χ3n) is 3.23. The number of pyridine rings is 1. The van der Waals surface area contributed by atoms with Crippen molar-refractivity contribution in [3.05, 3.63) is 65.8 Å². The minimum absolute atomic E-state index is 0.0364. The van der Waals surface area contributed by atoms with E-state index in [0.717, 1.165) is 6.07 Å². The molecule has 0 fully saturated rings. The third kappa shape index (κ3) is 2.33. The maximum Gasteiger partial charge on any atom is 0.327 e. The summed E-state index contributed by atoms with van der Waals surface area (Å²) in [6.07, 6.45) is 0. The van der Waals surface area contributed by atoms with Gasteiger partial charge in [-0.25, -0.2) is 9.18 Å². The molecule has 0 saturated carbocycles. The molecule has 1 aromatic carbocycles. The summed E-state index contributed by atoms with van der Waals surface area (Å²) in [5.41, 5.74) is -2.74. The van der Waals surface area contributed by atoms with E-state index in [0.29, 0.717) is 0 Å². The van der Waals surface area contributed by atoms with Crippen LogP contribution < -0.4 is 16.8 Å². The number of H-pyrrole nitrogens is 3. The zero-order valence-electron chi connectivity index (χ0n) is 11.2. The fourth-order valence-electron chi connectivity index (χ4n) is 2.28. The Morgan fingerprint density at radius 3 is 2.48 bits per heavy atom. The molecule has 114 valence electrons. The van der Waals surface area contributed by atoms with Gasteiger partial charge in [-0.3, -0.25) is 19.6 Å². The topological polar surface area (TPSA) is 122 Å². The van der Waals surface area contributed by atoms with E-state index in [4.69, 9.17) is 11.6 Å². The summed E-state index contributed by atoms with van der Waals surface area (Å²) in [5, 5.41) is 8.88. The Kier molecular flexibility index (Phi) is 3.35. The lowest BCUT2D eigenvalue weighted by Crippen LogP contribution is -2.26. The molecule has 23 heavy (non-hydrogen) atoms. The van der Waals surface area contributed by atoms with Gasteiger partial charge < -0.3 is 4.98 Å². The first-order valence-corrected chi connectivity index (χ1v) is 6.58. The Bertz CT molecular complexity index is 1170. The highest BCUT2D eigenvalue weighted by molar-refractivity contribution is 6.31. The van der Waals surface area contributed by atoms with Gasteiger partial charge in [0.1, 0.15) is 23.1 Å². The SMILES string of the molecule is N#Cc1c(-c2ccc(F)c(Cl)c2)c2c(=O)[nH]c(=O)[nH]c2[nH]c1=O. The molecule has 0 bridgehead atoms. The molecule has 3 rings (SSSR count). The Balaban J connectivity index is 2.59. The minimum atomic E-state index is -0.814. The largest absolute Gasteiger partial charge is 0.327 e. The van der Waals surface area contributed by atoms with Gasteiger partial charge in [0.15, 0.2) is 0 Å². The molecule has 2 heterocycles. The van der Waals surface area contributed by atoms with Crippen LogP contribution in [-0.4, -0.2) is 15.0 Å². The molecule has 9 heteroatoms. The molecular weight excluding hydrogens is 327 g/mol. The highest BCUT2D eigenvalue weighted by atomic mass is 35.5. The first-order chi connectivity index (χ1) is 10.9. The minimum Gasteiger partial charge on any atom is -0.307 e. The van der Waals surface area contributed by atoms with Gasteiger partial charge in [-0.05, 0) is 17.7 Å². The number of benzene rings is 1. The van der Waals surface area contributed by atoms with Crippen LogP contribution in [0.1, 0.15) is 5.56 Å². The molecule has 0 unspecified atom stereocenters. The maximum atomic E-state index is 13.3. The third-order valence-corrected chi connectivity index (χ3v) is 3.52. The smallest absolute Gasteiger partial charge is 0.307 e. The molecule has 2 aromatic heterocycles. The molecule has 7 nitrogen and oxygen atoms in total. The molecule has 0 radical (unpaired) electrons. The predicted molar refractivity (Wildman–Crippen MR) is 80.9 cm³/mol. The number of halogens is 2. The highest BCUT2D eigenvalue weighted by Crippen LogP contribution is 2.29. The molecule has 0 spiro atoms. The van der Waals surface area contributed by atoms with Crippen molar-refractivity contribution in [3.8, 4) is 17.2 Å². The number of hydrogen-bond donors (Lipinski definition) is 3. The lowest BCUT2D eigenvalue weighted by molar-refractivity contribution is 0.628. The van der Waals surface area contributed by atoms with Crippen LogP contribution in [0.2, 0.25) is 5.02 Å². The molecule has 3 aromatic rings. The first kappa shape index (κ1) is 14.7. The first-order valence-electron chi connectivity index (χ1n) is 6.20. The van der Waals surface area contributed by atoms with Crippen molar-refractivity contribution in [2.24, 2.45) is 0 Å². The highest BCUT2D eigenvalue weighted by Gasteiger charge is 2.18. The Morgan fingerprint density at radius 2 is 1.83 bits per heavy atom. The van der Waals surface area contributed by atoms with Crippen LogP contribution in [0.15, 0.2) is 32.6 Å². The lowest BCUT2D eigenvalue weighted by atomic mass is 9.98. The lowest BCUT2D eigenvalue weighted by Gasteiger charge is -2.08. The van der Waals surface area contributed by atoms with Crippen molar-refractivity contribution < 1.29 is 4.39 Å². The second kappa shape index (κ2) is 5.23. The van der Waals surface area contributed by atoms with E-state index >= 15 is 0 Å². The fraction of sp³-hybridized carbons (Fsp3) is 0. The van der Waals surface area contributed by atoms with Crippen molar-refractivity contribution in [2.45, 2.75) is 0 Å². The second-order valence-electron chi connectivity index (χ2n) is 4.60. The molecule has 0 saturated heterocycles. The number of hydrogen-bond acceptors (Lipinski definition) is 4. The molecular formula is C14H6ClFN4O3. The number of rotatable bonds is 1. The summed E-state index contributed by atoms with van der Waals surface area (Å²) in [7, 11) is 0. The number of aromatic nitrogens is 3. The average Bonchev–Trinajstić information content (AvgIpc) is 2.48. The van der Waals surface area contributed by atoms with E-state index in [1.807, 2.05) is 4.98 Å². The van der Waals surface area contributed by atoms with E-state index in [-0.39, 0.29) is 32.7 Å². The monoisotopic (exact) mass is 332 g/mol. The van der Waals surface area contributed by atoms with Crippen LogP contribution in [0.3, 0.4) is 0 Å². The number of fused-ring (bicyclic) bond motifs is 1. The summed E-state index contributed by atoms with van der Waals surface area (Å²) < 4.78 is 13.3. The van der Waals surface area contributed by atoms with Gasteiger partial charge in [0.2, 0.25) is 0 Å². The number of aromatic amines is 3. The molecule has 0 aliphatic heterocycles. The van der Waals surface area contributed by atoms with E-state index in [9.17, 15) is 24.0 Å². The van der Waals surface area contributed by atoms with Gasteiger partial charge in [-0.15, -0.1) is 0 Å². The van der Waals surface area contributed by atoms with Gasteiger partial charge in [-0.2, -0.15) is 5.26 Å². The van der Waals surface area contributed by atoms with E-state index in [1.54, 1.807) is 6.07 Å². The van der Waals surface area contributed by atoms with Crippen LogP contribution in [0, 0.1) is 17.1 Å². The Labute approximate surface area is 131 Å². The van der Waals surface area contributed by atoms with Gasteiger partial charge in [-0.1, -0.05) is 17.7 Å². The van der Waals surface area contributed by atoms with Crippen LogP contribution in [0.5, 0.6) is 0 Å². The van der Waals surface area contributed by atoms with Gasteiger partial charge >= 0.3 is 5.69 Å². The molecule has 0 aliphatic rings. The van der Waals surface area contributed by atoms with Crippen molar-refractivity contribution in [1.29, 1.82) is 5.26 Å². The molecule has 0 aliphatic carbocycles. The Hall–Kier alpha value is -3.18. The molecule has 0 amide bonds. The van der Waals surface area contributed by atoms with Crippen LogP contribution in [-0.2, 0) is 0 Å². The molecule has 0 atom stereocenters. The fourth-order valence-corrected chi connectivity index (χ4v) is 2.46. The van der Waals surface area contributed by atoms with Crippen LogP contribution in [0.4, 0.5) is 4.39 Å². The van der Waals surface area contributed by atoms with Gasteiger partial charge in [0.05, 0.1) is 10.4 Å². The summed E-state index contributed by atoms with van der Waals surface area (Å²) in [5.74, 6) is -0.689. The Morgan fingerprint density at radius 1 is 1.09 bits per heavy atom. The number of nitrogens with one attached hydrogen (secondary N) is 3. The van der Waals surface area contributed by atoms with Crippen molar-refractivity contribution in [3.63, 3.8) is 0 Å². The van der Waals surface area contributed by atoms with E-state index in [2.05, 4.69) is 9.97 Å². The normalized spacial score (nSPS) is 10.7. The number of nitriles is 1. The van der Waals surface area contributed by atoms with Crippen molar-refractivity contribution >= 4 is 22.6 Å². The quantitative estimate of drug-likeness (QED) is 0.620. The van der Waals surface area contributed by atoms with Gasteiger partial charge in [0.25, 0.3) is 11.1 Å². The summed E-state index contributed by atoms with van der Waals surface area (Å²) in [4.78, 5) is 42.0. The zero-order chi connectivity index (χ0) is 16.7.